The van der Waals surface area contributed by atoms with Gasteiger partial charge in [0, 0.05) is 16.8 Å². The summed E-state index contributed by atoms with van der Waals surface area (Å²) in [5.74, 6) is 0.700. The molecule has 1 aliphatic rings. The van der Waals surface area contributed by atoms with Crippen molar-refractivity contribution >= 4 is 37.5 Å². The molecule has 9 heteroatoms. The van der Waals surface area contributed by atoms with Gasteiger partial charge in [0.2, 0.25) is 0 Å². The average Bonchev–Trinajstić information content (AvgIpc) is 2.87. The van der Waals surface area contributed by atoms with Gasteiger partial charge in [-0.1, -0.05) is 33.2 Å². The lowest BCUT2D eigenvalue weighted by molar-refractivity contribution is 0.399. The summed E-state index contributed by atoms with van der Waals surface area (Å²) < 4.78 is 32.6. The Labute approximate surface area is 154 Å². The minimum absolute atomic E-state index is 0.0388. The van der Waals surface area contributed by atoms with Crippen LogP contribution < -0.4 is 15.8 Å². The number of nitrogens with one attached hydrogen (secondary N) is 2. The zero-order valence-electron chi connectivity index (χ0n) is 13.6. The Kier molecular flexibility index (Phi) is 4.38. The smallest absolute Gasteiger partial charge is 0.263 e. The molecule has 0 amide bonds. The molecule has 132 valence electrons. The lowest BCUT2D eigenvalue weighted by atomic mass is 10.0. The van der Waals surface area contributed by atoms with E-state index in [9.17, 15) is 8.42 Å². The van der Waals surface area contributed by atoms with Crippen molar-refractivity contribution in [2.75, 3.05) is 10.5 Å². The van der Waals surface area contributed by atoms with Gasteiger partial charge in [-0.05, 0) is 44.3 Å². The fourth-order valence-electron chi connectivity index (χ4n) is 2.39. The van der Waals surface area contributed by atoms with Crippen LogP contribution >= 0.6 is 15.9 Å². The molecule has 1 unspecified atom stereocenters. The van der Waals surface area contributed by atoms with Gasteiger partial charge >= 0.3 is 0 Å². The zero-order chi connectivity index (χ0) is 18.2. The van der Waals surface area contributed by atoms with E-state index in [1.54, 1.807) is 32.2 Å². The third-order valence-electron chi connectivity index (χ3n) is 3.90. The molecule has 0 radical (unpaired) electrons. The van der Waals surface area contributed by atoms with Crippen molar-refractivity contribution in [3.8, 4) is 0 Å². The summed E-state index contributed by atoms with van der Waals surface area (Å²) in [5, 5.41) is 6.86. The Balaban J connectivity index is 2.09. The van der Waals surface area contributed by atoms with Gasteiger partial charge in [0.15, 0.2) is 5.82 Å². The summed E-state index contributed by atoms with van der Waals surface area (Å²) in [6.45, 7) is 3.44. The highest BCUT2D eigenvalue weighted by Gasteiger charge is 2.33. The van der Waals surface area contributed by atoms with E-state index in [4.69, 9.17) is 10.3 Å². The molecule has 25 heavy (non-hydrogen) atoms. The van der Waals surface area contributed by atoms with Gasteiger partial charge in [-0.15, -0.1) is 0 Å². The number of benzene rings is 1. The third kappa shape index (κ3) is 3.29. The topological polar surface area (TPSA) is 110 Å². The van der Waals surface area contributed by atoms with Crippen LogP contribution in [0.15, 0.2) is 52.0 Å². The maximum atomic E-state index is 13.0. The lowest BCUT2D eigenvalue weighted by Gasteiger charge is -2.29. The largest absolute Gasteiger partial charge is 0.399 e. The second kappa shape index (κ2) is 6.23. The predicted molar refractivity (Wildman–Crippen MR) is 99.7 cm³/mol. The van der Waals surface area contributed by atoms with E-state index in [1.165, 1.54) is 6.07 Å². The first-order chi connectivity index (χ1) is 11.7. The first-order valence-corrected chi connectivity index (χ1v) is 9.67. The van der Waals surface area contributed by atoms with Crippen molar-refractivity contribution in [1.29, 1.82) is 0 Å². The molecule has 1 aromatic carbocycles. The van der Waals surface area contributed by atoms with Crippen LogP contribution in [-0.4, -0.2) is 13.6 Å². The number of dihydropyridines is 1. The number of halogens is 1. The minimum Gasteiger partial charge on any atom is -0.399 e. The van der Waals surface area contributed by atoms with Gasteiger partial charge in [0.1, 0.15) is 10.2 Å². The normalized spacial score (nSPS) is 19.6. The van der Waals surface area contributed by atoms with Gasteiger partial charge in [-0.3, -0.25) is 4.72 Å². The Morgan fingerprint density at radius 3 is 2.68 bits per heavy atom. The average molecular weight is 425 g/mol. The Morgan fingerprint density at radius 1 is 1.32 bits per heavy atom. The summed E-state index contributed by atoms with van der Waals surface area (Å²) in [5.41, 5.74) is 7.29. The Hall–Kier alpha value is -2.26. The molecule has 1 aromatic heterocycles. The number of hydrogen-bond acceptors (Lipinski definition) is 6. The number of allylic oxidation sites excluding steroid dienone is 2. The first-order valence-electron chi connectivity index (χ1n) is 7.39. The van der Waals surface area contributed by atoms with E-state index >= 15 is 0 Å². The molecule has 0 saturated heterocycles. The highest BCUT2D eigenvalue weighted by Crippen LogP contribution is 2.37. The van der Waals surface area contributed by atoms with E-state index in [0.29, 0.717) is 22.6 Å². The highest BCUT2D eigenvalue weighted by atomic mass is 79.9. The number of aromatic nitrogens is 1. The van der Waals surface area contributed by atoms with Crippen LogP contribution in [0, 0.1) is 13.8 Å². The predicted octanol–water partition coefficient (Wildman–Crippen LogP) is 2.90. The van der Waals surface area contributed by atoms with E-state index in [2.05, 4.69) is 31.1 Å². The van der Waals surface area contributed by atoms with Crippen LogP contribution in [0.4, 0.5) is 11.5 Å². The van der Waals surface area contributed by atoms with Crippen LogP contribution in [0.2, 0.25) is 0 Å². The van der Waals surface area contributed by atoms with E-state index in [0.717, 1.165) is 0 Å². The van der Waals surface area contributed by atoms with Crippen molar-refractivity contribution < 1.29 is 12.9 Å². The maximum Gasteiger partial charge on any atom is 0.263 e. The van der Waals surface area contributed by atoms with Crippen molar-refractivity contribution in [2.24, 2.45) is 0 Å². The van der Waals surface area contributed by atoms with Crippen molar-refractivity contribution in [3.05, 3.63) is 59.5 Å². The van der Waals surface area contributed by atoms with Crippen molar-refractivity contribution in [2.45, 2.75) is 23.2 Å². The van der Waals surface area contributed by atoms with Crippen LogP contribution in [-0.2, 0) is 14.5 Å². The number of aryl methyl sites for hydroxylation is 1. The van der Waals surface area contributed by atoms with Gasteiger partial charge in [-0.2, -0.15) is 0 Å². The molecule has 7 nitrogen and oxygen atoms in total. The monoisotopic (exact) mass is 424 g/mol. The number of nitrogens with zero attached hydrogens (tertiary/aromatic N) is 1. The molecule has 3 rings (SSSR count). The maximum absolute atomic E-state index is 13.0. The molecule has 0 bridgehead atoms. The van der Waals surface area contributed by atoms with Crippen LogP contribution in [0.1, 0.15) is 16.9 Å². The lowest BCUT2D eigenvalue weighted by Crippen LogP contribution is -2.34. The number of hydrogen-bond donors (Lipinski definition) is 3. The third-order valence-corrected chi connectivity index (χ3v) is 6.20. The van der Waals surface area contributed by atoms with Gasteiger partial charge < -0.3 is 15.6 Å². The van der Waals surface area contributed by atoms with Gasteiger partial charge in [-0.25, -0.2) is 8.42 Å². The molecule has 0 fully saturated rings. The fraction of sp³-hybridized carbons (Fsp3) is 0.188. The molecule has 2 heterocycles. The molecule has 0 spiro atoms. The Morgan fingerprint density at radius 2 is 2.08 bits per heavy atom. The molecule has 0 aliphatic carbocycles. The molecule has 4 N–H and O–H groups in total. The fourth-order valence-corrected chi connectivity index (χ4v) is 4.51. The second-order valence-corrected chi connectivity index (χ2v) is 8.55. The van der Waals surface area contributed by atoms with Crippen molar-refractivity contribution in [3.63, 3.8) is 0 Å². The standard InChI is InChI=1S/C16H17BrN4O3S/c1-10-11(2)24-20-15(10)21-25(22,23)14-9-12(18)5-6-13(14)16(17)7-3-4-8-19-16/h3-9,19H,18H2,1-2H3,(H,20,21). The molecule has 1 atom stereocenters. The zero-order valence-corrected chi connectivity index (χ0v) is 16.0. The molecule has 1 aliphatic heterocycles. The van der Waals surface area contributed by atoms with E-state index in [-0.39, 0.29) is 10.7 Å². The number of sulfonamides is 1. The number of nitrogen functional groups attached to an aromatic ring is 1. The SMILES string of the molecule is Cc1onc(NS(=O)(=O)c2cc(N)ccc2C2(Br)C=CC=CN2)c1C. The summed E-state index contributed by atoms with van der Waals surface area (Å²) >= 11 is 3.56. The van der Waals surface area contributed by atoms with Gasteiger partial charge in [0.05, 0.1) is 4.90 Å². The van der Waals surface area contributed by atoms with Crippen LogP contribution in [0.5, 0.6) is 0 Å². The summed E-state index contributed by atoms with van der Waals surface area (Å²) in [7, 11) is -3.94. The van der Waals surface area contributed by atoms with Gasteiger partial charge in [0.25, 0.3) is 10.0 Å². The quantitative estimate of drug-likeness (QED) is 0.395. The van der Waals surface area contributed by atoms with E-state index in [1.807, 2.05) is 18.2 Å². The number of rotatable bonds is 4. The molecular formula is C16H17BrN4O3S. The molecular weight excluding hydrogens is 408 g/mol. The number of anilines is 2. The van der Waals surface area contributed by atoms with E-state index < -0.39 is 14.5 Å². The Bertz CT molecular complexity index is 981. The minimum atomic E-state index is -3.94. The van der Waals surface area contributed by atoms with Crippen LogP contribution in [0.25, 0.3) is 0 Å². The first kappa shape index (κ1) is 17.6. The second-order valence-electron chi connectivity index (χ2n) is 5.65. The number of nitrogens with two attached hydrogens (primary N) is 1. The van der Waals surface area contributed by atoms with Crippen LogP contribution in [0.3, 0.4) is 0 Å². The molecule has 2 aromatic rings. The highest BCUT2D eigenvalue weighted by molar-refractivity contribution is 9.09. The molecule has 0 saturated carbocycles. The number of alkyl halides is 1. The van der Waals surface area contributed by atoms with Crippen molar-refractivity contribution in [1.82, 2.24) is 10.5 Å². The summed E-state index contributed by atoms with van der Waals surface area (Å²) in [6.07, 6.45) is 7.16. The summed E-state index contributed by atoms with van der Waals surface area (Å²) in [4.78, 5) is 0.0388. The summed E-state index contributed by atoms with van der Waals surface area (Å²) in [6, 6.07) is 4.73.